The molecule has 2 rings (SSSR count). The summed E-state index contributed by atoms with van der Waals surface area (Å²) in [5.74, 6) is -0.433. The van der Waals surface area contributed by atoms with Gasteiger partial charge in [-0.3, -0.25) is 4.90 Å². The topological polar surface area (TPSA) is 59.0 Å². The molecule has 1 aliphatic rings. The summed E-state index contributed by atoms with van der Waals surface area (Å²) in [5.41, 5.74) is -0.215. The van der Waals surface area contributed by atoms with Gasteiger partial charge in [-0.15, -0.1) is 0 Å². The van der Waals surface area contributed by atoms with E-state index >= 15 is 0 Å². The molecule has 1 amide bonds. The molecule has 0 aromatic heterocycles. The van der Waals surface area contributed by atoms with Crippen molar-refractivity contribution in [1.82, 2.24) is 4.90 Å². The molecule has 1 aliphatic heterocycles. The fourth-order valence-corrected chi connectivity index (χ4v) is 2.34. The molecular weight excluding hydrogens is 289 g/mol. The van der Waals surface area contributed by atoms with Gasteiger partial charge in [0, 0.05) is 6.54 Å². The van der Waals surface area contributed by atoms with Crippen LogP contribution in [0, 0.1) is 5.82 Å². The number of hydrogen-bond acceptors (Lipinski definition) is 4. The first-order chi connectivity index (χ1) is 10.3. The van der Waals surface area contributed by atoms with E-state index in [2.05, 4.69) is 0 Å². The quantitative estimate of drug-likeness (QED) is 0.911. The minimum absolute atomic E-state index is 0.178. The summed E-state index contributed by atoms with van der Waals surface area (Å²) in [6, 6.07) is 5.10. The number of ether oxygens (including phenoxy) is 2. The van der Waals surface area contributed by atoms with E-state index in [4.69, 9.17) is 9.47 Å². The third kappa shape index (κ3) is 4.18. The van der Waals surface area contributed by atoms with Crippen LogP contribution in [0.15, 0.2) is 24.3 Å². The molecule has 6 heteroatoms. The SMILES string of the molecule is CC(C)(C)OC(=O)N1CCOCC1C(O)c1cccc(F)c1. The summed E-state index contributed by atoms with van der Waals surface area (Å²) in [6.45, 7) is 6.23. The summed E-state index contributed by atoms with van der Waals surface area (Å²) < 4.78 is 24.1. The van der Waals surface area contributed by atoms with Crippen molar-refractivity contribution < 1.29 is 23.8 Å². The lowest BCUT2D eigenvalue weighted by molar-refractivity contribution is -0.0673. The predicted molar refractivity (Wildman–Crippen MR) is 78.9 cm³/mol. The van der Waals surface area contributed by atoms with Gasteiger partial charge in [-0.05, 0) is 38.5 Å². The van der Waals surface area contributed by atoms with Crippen molar-refractivity contribution in [3.63, 3.8) is 0 Å². The fraction of sp³-hybridized carbons (Fsp3) is 0.562. The zero-order valence-corrected chi connectivity index (χ0v) is 13.1. The number of nitrogens with zero attached hydrogens (tertiary/aromatic N) is 1. The number of rotatable bonds is 2. The molecule has 1 N–H and O–H groups in total. The standard InChI is InChI=1S/C16H22FNO4/c1-16(2,3)22-15(20)18-7-8-21-10-13(18)14(19)11-5-4-6-12(17)9-11/h4-6,9,13-14,19H,7-8,10H2,1-3H3. The van der Waals surface area contributed by atoms with Crippen LogP contribution < -0.4 is 0 Å². The van der Waals surface area contributed by atoms with Crippen molar-refractivity contribution >= 4 is 6.09 Å². The van der Waals surface area contributed by atoms with E-state index in [0.717, 1.165) is 0 Å². The Morgan fingerprint density at radius 1 is 1.50 bits per heavy atom. The Morgan fingerprint density at radius 2 is 2.23 bits per heavy atom. The second kappa shape index (κ2) is 6.62. The van der Waals surface area contributed by atoms with Crippen molar-refractivity contribution in [2.45, 2.75) is 38.5 Å². The summed E-state index contributed by atoms with van der Waals surface area (Å²) in [6.07, 6.45) is -1.54. The highest BCUT2D eigenvalue weighted by Crippen LogP contribution is 2.25. The van der Waals surface area contributed by atoms with E-state index in [1.807, 2.05) is 0 Å². The number of benzene rings is 1. The average molecular weight is 311 g/mol. The first-order valence-electron chi connectivity index (χ1n) is 7.29. The molecule has 1 fully saturated rings. The van der Waals surface area contributed by atoms with Gasteiger partial charge in [0.25, 0.3) is 0 Å². The Morgan fingerprint density at radius 3 is 2.86 bits per heavy atom. The predicted octanol–water partition coefficient (Wildman–Crippen LogP) is 2.50. The van der Waals surface area contributed by atoms with Gasteiger partial charge in [0.05, 0.1) is 19.3 Å². The van der Waals surface area contributed by atoms with E-state index in [1.165, 1.54) is 23.1 Å². The van der Waals surface area contributed by atoms with Crippen molar-refractivity contribution in [3.8, 4) is 0 Å². The highest BCUT2D eigenvalue weighted by atomic mass is 19.1. The second-order valence-electron chi connectivity index (χ2n) is 6.32. The van der Waals surface area contributed by atoms with Gasteiger partial charge in [0.15, 0.2) is 0 Å². The lowest BCUT2D eigenvalue weighted by Gasteiger charge is -2.38. The molecular formula is C16H22FNO4. The first kappa shape index (κ1) is 16.7. The minimum atomic E-state index is -1.04. The first-order valence-corrected chi connectivity index (χ1v) is 7.29. The van der Waals surface area contributed by atoms with Gasteiger partial charge in [-0.1, -0.05) is 12.1 Å². The molecule has 22 heavy (non-hydrogen) atoms. The molecule has 1 heterocycles. The maximum atomic E-state index is 13.3. The molecule has 0 radical (unpaired) electrons. The smallest absolute Gasteiger partial charge is 0.410 e. The Balaban J connectivity index is 2.17. The van der Waals surface area contributed by atoms with E-state index in [9.17, 15) is 14.3 Å². The van der Waals surface area contributed by atoms with E-state index in [-0.39, 0.29) is 6.61 Å². The maximum absolute atomic E-state index is 13.3. The Labute approximate surface area is 129 Å². The molecule has 0 aliphatic carbocycles. The van der Waals surface area contributed by atoms with Crippen LogP contribution in [-0.4, -0.2) is 47.5 Å². The van der Waals surface area contributed by atoms with Gasteiger partial charge in [-0.25, -0.2) is 9.18 Å². The van der Waals surface area contributed by atoms with Gasteiger partial charge in [0.2, 0.25) is 0 Å². The number of hydrogen-bond donors (Lipinski definition) is 1. The van der Waals surface area contributed by atoms with Crippen LogP contribution in [0.5, 0.6) is 0 Å². The zero-order valence-electron chi connectivity index (χ0n) is 13.1. The van der Waals surface area contributed by atoms with Gasteiger partial charge in [0.1, 0.15) is 17.5 Å². The van der Waals surface area contributed by atoms with Crippen molar-refractivity contribution in [2.75, 3.05) is 19.8 Å². The number of aliphatic hydroxyl groups excluding tert-OH is 1. The highest BCUT2D eigenvalue weighted by molar-refractivity contribution is 5.68. The summed E-state index contributed by atoms with van der Waals surface area (Å²) in [7, 11) is 0. The largest absolute Gasteiger partial charge is 0.444 e. The normalized spacial score (nSPS) is 20.6. The van der Waals surface area contributed by atoms with Crippen LogP contribution in [0.25, 0.3) is 0 Å². The third-order valence-corrected chi connectivity index (χ3v) is 3.35. The second-order valence-corrected chi connectivity index (χ2v) is 6.32. The fourth-order valence-electron chi connectivity index (χ4n) is 2.34. The van der Waals surface area contributed by atoms with Gasteiger partial charge < -0.3 is 14.6 Å². The number of halogens is 1. The number of aliphatic hydroxyl groups is 1. The van der Waals surface area contributed by atoms with Crippen molar-refractivity contribution in [1.29, 1.82) is 0 Å². The number of morpholine rings is 1. The molecule has 1 aromatic rings. The number of amides is 1. The average Bonchev–Trinajstić information content (AvgIpc) is 2.44. The zero-order chi connectivity index (χ0) is 16.3. The third-order valence-electron chi connectivity index (χ3n) is 3.35. The van der Waals surface area contributed by atoms with E-state index < -0.39 is 29.7 Å². The lowest BCUT2D eigenvalue weighted by atomic mass is 10.0. The summed E-state index contributed by atoms with van der Waals surface area (Å²) >= 11 is 0. The summed E-state index contributed by atoms with van der Waals surface area (Å²) in [5, 5.41) is 10.5. The Hall–Kier alpha value is -1.66. The molecule has 1 aromatic carbocycles. The molecule has 5 nitrogen and oxygen atoms in total. The number of carbonyl (C=O) groups excluding carboxylic acids is 1. The Kier molecular flexibility index (Phi) is 5.03. The minimum Gasteiger partial charge on any atom is -0.444 e. The van der Waals surface area contributed by atoms with Crippen LogP contribution in [0.3, 0.4) is 0 Å². The van der Waals surface area contributed by atoms with Crippen LogP contribution >= 0.6 is 0 Å². The van der Waals surface area contributed by atoms with Crippen LogP contribution in [0.2, 0.25) is 0 Å². The van der Waals surface area contributed by atoms with Crippen molar-refractivity contribution in [2.24, 2.45) is 0 Å². The van der Waals surface area contributed by atoms with Crippen LogP contribution in [0.4, 0.5) is 9.18 Å². The molecule has 2 atom stereocenters. The molecule has 2 unspecified atom stereocenters. The molecule has 1 saturated heterocycles. The highest BCUT2D eigenvalue weighted by Gasteiger charge is 2.36. The Bertz CT molecular complexity index is 529. The van der Waals surface area contributed by atoms with Gasteiger partial charge in [-0.2, -0.15) is 0 Å². The summed E-state index contributed by atoms with van der Waals surface area (Å²) in [4.78, 5) is 13.7. The lowest BCUT2D eigenvalue weighted by Crippen LogP contribution is -2.52. The van der Waals surface area contributed by atoms with Gasteiger partial charge >= 0.3 is 6.09 Å². The number of carbonyl (C=O) groups is 1. The van der Waals surface area contributed by atoms with E-state index in [1.54, 1.807) is 26.8 Å². The van der Waals surface area contributed by atoms with Crippen LogP contribution in [0.1, 0.15) is 32.4 Å². The van der Waals surface area contributed by atoms with Crippen molar-refractivity contribution in [3.05, 3.63) is 35.6 Å². The molecule has 0 saturated carbocycles. The molecule has 0 spiro atoms. The molecule has 122 valence electrons. The maximum Gasteiger partial charge on any atom is 0.410 e. The monoisotopic (exact) mass is 311 g/mol. The van der Waals surface area contributed by atoms with E-state index in [0.29, 0.717) is 18.7 Å². The molecule has 0 bridgehead atoms. The van der Waals surface area contributed by atoms with Crippen LogP contribution in [-0.2, 0) is 9.47 Å².